The molecule has 0 aromatic carbocycles. The standard InChI is InChI=1S/C9H10ClNO2S/c1-11(13-2)9(12)4-3-8-5-7(10)6-14-8/h3-6H,1-2H3/b4-3+. The normalized spacial score (nSPS) is 10.8. The van der Waals surface area contributed by atoms with Crippen molar-refractivity contribution in [3.05, 3.63) is 27.4 Å². The van der Waals surface area contributed by atoms with Crippen LogP contribution in [0.2, 0.25) is 5.02 Å². The van der Waals surface area contributed by atoms with Crippen molar-refractivity contribution in [1.29, 1.82) is 0 Å². The summed E-state index contributed by atoms with van der Waals surface area (Å²) in [5.74, 6) is -0.211. The lowest BCUT2D eigenvalue weighted by atomic mass is 10.4. The molecule has 0 saturated carbocycles. The van der Waals surface area contributed by atoms with Gasteiger partial charge in [0.25, 0.3) is 5.91 Å². The molecule has 76 valence electrons. The van der Waals surface area contributed by atoms with Crippen LogP contribution in [-0.4, -0.2) is 25.1 Å². The van der Waals surface area contributed by atoms with E-state index in [2.05, 4.69) is 0 Å². The van der Waals surface area contributed by atoms with Crippen LogP contribution in [0.3, 0.4) is 0 Å². The molecule has 5 heteroatoms. The molecule has 1 rings (SSSR count). The third-order valence-electron chi connectivity index (χ3n) is 1.56. The molecule has 0 atom stereocenters. The van der Waals surface area contributed by atoms with Crippen molar-refractivity contribution >= 4 is 34.9 Å². The maximum Gasteiger partial charge on any atom is 0.269 e. The van der Waals surface area contributed by atoms with Crippen LogP contribution in [0.15, 0.2) is 17.5 Å². The van der Waals surface area contributed by atoms with Crippen LogP contribution in [0.25, 0.3) is 6.08 Å². The summed E-state index contributed by atoms with van der Waals surface area (Å²) in [6, 6.07) is 1.79. The molecule has 14 heavy (non-hydrogen) atoms. The number of rotatable bonds is 3. The zero-order chi connectivity index (χ0) is 10.6. The van der Waals surface area contributed by atoms with Gasteiger partial charge < -0.3 is 0 Å². The predicted molar refractivity (Wildman–Crippen MR) is 58.1 cm³/mol. The van der Waals surface area contributed by atoms with E-state index in [9.17, 15) is 4.79 Å². The number of thiophene rings is 1. The third kappa shape index (κ3) is 3.14. The van der Waals surface area contributed by atoms with Crippen molar-refractivity contribution in [2.75, 3.05) is 14.2 Å². The van der Waals surface area contributed by atoms with Crippen LogP contribution in [-0.2, 0) is 9.63 Å². The summed E-state index contributed by atoms with van der Waals surface area (Å²) >= 11 is 7.20. The SMILES string of the molecule is CON(C)C(=O)/C=C/c1cc(Cl)cs1. The summed E-state index contributed by atoms with van der Waals surface area (Å²) in [6.45, 7) is 0. The van der Waals surface area contributed by atoms with Gasteiger partial charge in [-0.3, -0.25) is 9.63 Å². The lowest BCUT2D eigenvalue weighted by Crippen LogP contribution is -2.22. The quantitative estimate of drug-likeness (QED) is 0.591. The Morgan fingerprint density at radius 3 is 2.93 bits per heavy atom. The van der Waals surface area contributed by atoms with Gasteiger partial charge in [-0.2, -0.15) is 0 Å². The highest BCUT2D eigenvalue weighted by molar-refractivity contribution is 7.11. The second-order valence-corrected chi connectivity index (χ2v) is 3.90. The van der Waals surface area contributed by atoms with Crippen LogP contribution >= 0.6 is 22.9 Å². The first-order chi connectivity index (χ1) is 6.63. The van der Waals surface area contributed by atoms with Crippen LogP contribution < -0.4 is 0 Å². The van der Waals surface area contributed by atoms with Crippen LogP contribution in [0.4, 0.5) is 0 Å². The van der Waals surface area contributed by atoms with E-state index in [1.165, 1.54) is 24.5 Å². The number of amides is 1. The van der Waals surface area contributed by atoms with E-state index >= 15 is 0 Å². The lowest BCUT2D eigenvalue weighted by Gasteiger charge is -2.09. The van der Waals surface area contributed by atoms with Gasteiger partial charge in [-0.25, -0.2) is 5.06 Å². The molecule has 0 aliphatic rings. The Kier molecular flexibility index (Phi) is 4.13. The first kappa shape index (κ1) is 11.2. The van der Waals surface area contributed by atoms with Crippen molar-refractivity contribution in [3.63, 3.8) is 0 Å². The number of carbonyl (C=O) groups is 1. The van der Waals surface area contributed by atoms with Gasteiger partial charge in [0.2, 0.25) is 0 Å². The maximum atomic E-state index is 11.2. The Morgan fingerprint density at radius 1 is 1.71 bits per heavy atom. The molecule has 0 saturated heterocycles. The molecule has 0 aliphatic carbocycles. The monoisotopic (exact) mass is 231 g/mol. The molecule has 0 aliphatic heterocycles. The van der Waals surface area contributed by atoms with Crippen LogP contribution in [0.5, 0.6) is 0 Å². The fourth-order valence-corrected chi connectivity index (χ4v) is 1.74. The summed E-state index contributed by atoms with van der Waals surface area (Å²) < 4.78 is 0. The van der Waals surface area contributed by atoms with E-state index in [1.54, 1.807) is 19.2 Å². The highest BCUT2D eigenvalue weighted by Gasteiger charge is 2.02. The van der Waals surface area contributed by atoms with E-state index in [4.69, 9.17) is 16.4 Å². The Morgan fingerprint density at radius 2 is 2.43 bits per heavy atom. The first-order valence-electron chi connectivity index (χ1n) is 3.87. The van der Waals surface area contributed by atoms with E-state index in [-0.39, 0.29) is 5.91 Å². The Balaban J connectivity index is 2.60. The number of hydrogen-bond donors (Lipinski definition) is 0. The molecule has 1 aromatic heterocycles. The first-order valence-corrected chi connectivity index (χ1v) is 5.13. The minimum absolute atomic E-state index is 0.211. The molecular formula is C9H10ClNO2S. The highest BCUT2D eigenvalue weighted by atomic mass is 35.5. The molecule has 0 fully saturated rings. The summed E-state index contributed by atoms with van der Waals surface area (Å²) in [6.07, 6.45) is 3.14. The van der Waals surface area contributed by atoms with Crippen molar-refractivity contribution in [2.45, 2.75) is 0 Å². The maximum absolute atomic E-state index is 11.2. The van der Waals surface area contributed by atoms with Crippen molar-refractivity contribution in [2.24, 2.45) is 0 Å². The molecule has 1 amide bonds. The largest absolute Gasteiger partial charge is 0.274 e. The highest BCUT2D eigenvalue weighted by Crippen LogP contribution is 2.20. The van der Waals surface area contributed by atoms with Gasteiger partial charge in [0, 0.05) is 23.4 Å². The van der Waals surface area contributed by atoms with E-state index in [1.807, 2.05) is 5.38 Å². The molecule has 0 spiro atoms. The Hall–Kier alpha value is -0.840. The van der Waals surface area contributed by atoms with Crippen molar-refractivity contribution in [3.8, 4) is 0 Å². The Bertz CT molecular complexity index is 348. The number of carbonyl (C=O) groups excluding carboxylic acids is 1. The van der Waals surface area contributed by atoms with Gasteiger partial charge in [0.05, 0.1) is 12.1 Å². The minimum Gasteiger partial charge on any atom is -0.274 e. The van der Waals surface area contributed by atoms with Gasteiger partial charge in [-0.1, -0.05) is 11.6 Å². The van der Waals surface area contributed by atoms with Crippen molar-refractivity contribution in [1.82, 2.24) is 5.06 Å². The molecule has 1 heterocycles. The zero-order valence-corrected chi connectivity index (χ0v) is 9.43. The minimum atomic E-state index is -0.211. The molecular weight excluding hydrogens is 222 g/mol. The van der Waals surface area contributed by atoms with Gasteiger partial charge in [-0.15, -0.1) is 11.3 Å². The molecule has 1 aromatic rings. The van der Waals surface area contributed by atoms with Gasteiger partial charge in [0.1, 0.15) is 0 Å². The van der Waals surface area contributed by atoms with E-state index < -0.39 is 0 Å². The second-order valence-electron chi connectivity index (χ2n) is 2.52. The number of halogens is 1. The third-order valence-corrected chi connectivity index (χ3v) is 2.81. The van der Waals surface area contributed by atoms with Gasteiger partial charge >= 0.3 is 0 Å². The van der Waals surface area contributed by atoms with Gasteiger partial charge in [0.15, 0.2) is 0 Å². The zero-order valence-electron chi connectivity index (χ0n) is 7.86. The van der Waals surface area contributed by atoms with E-state index in [0.717, 1.165) is 9.94 Å². The molecule has 0 radical (unpaired) electrons. The predicted octanol–water partition coefficient (Wildman–Crippen LogP) is 2.43. The van der Waals surface area contributed by atoms with Crippen LogP contribution in [0, 0.1) is 0 Å². The number of likely N-dealkylation sites (N-methyl/N-ethyl adjacent to an activating group) is 1. The molecule has 0 bridgehead atoms. The summed E-state index contributed by atoms with van der Waals surface area (Å²) in [7, 11) is 2.99. The molecule has 0 unspecified atom stereocenters. The lowest BCUT2D eigenvalue weighted by molar-refractivity contribution is -0.162. The molecule has 3 nitrogen and oxygen atoms in total. The summed E-state index contributed by atoms with van der Waals surface area (Å²) in [5, 5.41) is 3.64. The fourth-order valence-electron chi connectivity index (χ4n) is 0.764. The van der Waals surface area contributed by atoms with Crippen LogP contribution in [0.1, 0.15) is 4.88 Å². The second kappa shape index (κ2) is 5.14. The molecule has 0 N–H and O–H groups in total. The number of hydrogen-bond acceptors (Lipinski definition) is 3. The average Bonchev–Trinajstić information content (AvgIpc) is 2.59. The van der Waals surface area contributed by atoms with E-state index in [0.29, 0.717) is 5.02 Å². The number of nitrogens with zero attached hydrogens (tertiary/aromatic N) is 1. The fraction of sp³-hybridized carbons (Fsp3) is 0.222. The Labute approximate surface area is 91.5 Å². The summed E-state index contributed by atoms with van der Waals surface area (Å²) in [4.78, 5) is 16.9. The van der Waals surface area contributed by atoms with Crippen molar-refractivity contribution < 1.29 is 9.63 Å². The smallest absolute Gasteiger partial charge is 0.269 e. The summed E-state index contributed by atoms with van der Waals surface area (Å²) in [5.41, 5.74) is 0. The average molecular weight is 232 g/mol. The topological polar surface area (TPSA) is 29.5 Å². The van der Waals surface area contributed by atoms with Gasteiger partial charge in [-0.05, 0) is 12.1 Å². The number of hydroxylamine groups is 2.